The molecule has 0 fully saturated rings. The van der Waals surface area contributed by atoms with E-state index in [1.807, 2.05) is 0 Å². The van der Waals surface area contributed by atoms with Crippen molar-refractivity contribution in [2.45, 2.75) is 0 Å². The maximum absolute atomic E-state index is 12.3. The van der Waals surface area contributed by atoms with Gasteiger partial charge < -0.3 is 4.74 Å². The quantitative estimate of drug-likeness (QED) is 0.556. The van der Waals surface area contributed by atoms with Gasteiger partial charge in [-0.25, -0.2) is 4.39 Å². The monoisotopic (exact) mass is 125 g/mol. The first kappa shape index (κ1) is 6.08. The van der Waals surface area contributed by atoms with Crippen molar-refractivity contribution in [2.75, 3.05) is 7.11 Å². The van der Waals surface area contributed by atoms with Gasteiger partial charge in [-0.3, -0.25) is 0 Å². The van der Waals surface area contributed by atoms with E-state index < -0.39 is 0 Å². The molecule has 0 radical (unpaired) electrons. The molecule has 0 saturated heterocycles. The highest BCUT2D eigenvalue weighted by atomic mass is 18.2. The second-order valence-electron chi connectivity index (χ2n) is 1.66. The van der Waals surface area contributed by atoms with Gasteiger partial charge in [0.2, 0.25) is 0 Å². The Hall–Kier alpha value is -1.05. The summed E-state index contributed by atoms with van der Waals surface area (Å²) in [5.74, 6) is 0.282. The first-order chi connectivity index (χ1) is 4.33. The van der Waals surface area contributed by atoms with Crippen LogP contribution in [0.15, 0.2) is 24.3 Å². The molecule has 9 heavy (non-hydrogen) atoms. The second kappa shape index (κ2) is 2.49. The number of ether oxygens (including phenoxy) is 1. The Bertz CT molecular complexity index is 198. The van der Waals surface area contributed by atoms with Crippen LogP contribution < -0.4 is 4.74 Å². The molecule has 1 aromatic rings. The molecule has 0 aliphatic heterocycles. The van der Waals surface area contributed by atoms with Crippen molar-refractivity contribution in [1.29, 1.82) is 0 Å². The molecule has 0 spiro atoms. The van der Waals surface area contributed by atoms with E-state index >= 15 is 0 Å². The highest BCUT2D eigenvalue weighted by Gasteiger charge is 1.90. The summed E-state index contributed by atoms with van der Waals surface area (Å²) >= 11 is 0. The second-order valence-corrected chi connectivity index (χ2v) is 1.66. The van der Waals surface area contributed by atoms with Crippen LogP contribution in [0.1, 0.15) is 0 Å². The lowest BCUT2D eigenvalue weighted by molar-refractivity contribution is 0.411. The molecule has 48 valence electrons. The van der Waals surface area contributed by atoms with Crippen LogP contribution in [0.4, 0.5) is 4.39 Å². The maximum Gasteiger partial charge on any atom is 0.126 e. The van der Waals surface area contributed by atoms with Gasteiger partial charge in [0, 0.05) is 6.07 Å². The van der Waals surface area contributed by atoms with Gasteiger partial charge in [-0.2, -0.15) is 0 Å². The number of methoxy groups -OCH3 is 1. The molecule has 0 bridgehead atoms. The molecule has 0 heterocycles. The number of halogens is 1. The summed E-state index contributed by atoms with van der Waals surface area (Å²) in [6.07, 6.45) is 0. The molecule has 0 N–H and O–H groups in total. The molecule has 2 heteroatoms. The average molecular weight is 125 g/mol. The SMILES string of the molecule is COc1cccc([18F])c1. The summed E-state index contributed by atoms with van der Waals surface area (Å²) in [5, 5.41) is 0. The third kappa shape index (κ3) is 1.42. The Balaban J connectivity index is 2.94. The van der Waals surface area contributed by atoms with Crippen LogP contribution in [0.25, 0.3) is 0 Å². The number of benzene rings is 1. The fraction of sp³-hybridized carbons (Fsp3) is 0.143. The Labute approximate surface area is 53.1 Å². The zero-order valence-electron chi connectivity index (χ0n) is 5.10. The minimum Gasteiger partial charge on any atom is -0.497 e. The van der Waals surface area contributed by atoms with Crippen molar-refractivity contribution >= 4 is 0 Å². The third-order valence-corrected chi connectivity index (χ3v) is 1.03. The smallest absolute Gasteiger partial charge is 0.126 e. The van der Waals surface area contributed by atoms with Crippen molar-refractivity contribution in [3.63, 3.8) is 0 Å². The predicted molar refractivity (Wildman–Crippen MR) is 33.0 cm³/mol. The first-order valence-electron chi connectivity index (χ1n) is 2.62. The molecule has 0 aliphatic rings. The fourth-order valence-corrected chi connectivity index (χ4v) is 0.594. The van der Waals surface area contributed by atoms with Crippen LogP contribution in [0.2, 0.25) is 0 Å². The van der Waals surface area contributed by atoms with Crippen LogP contribution in [-0.4, -0.2) is 7.11 Å². The maximum atomic E-state index is 12.3. The lowest BCUT2D eigenvalue weighted by Gasteiger charge is -1.95. The zero-order chi connectivity index (χ0) is 6.69. The number of hydrogen-bond acceptors (Lipinski definition) is 1. The van der Waals surface area contributed by atoms with E-state index in [9.17, 15) is 4.39 Å². The summed E-state index contributed by atoms with van der Waals surface area (Å²) in [6.45, 7) is 0. The Morgan fingerprint density at radius 2 is 2.22 bits per heavy atom. The Kier molecular flexibility index (Phi) is 1.68. The summed E-state index contributed by atoms with van der Waals surface area (Å²) in [7, 11) is 1.51. The fourth-order valence-electron chi connectivity index (χ4n) is 0.594. The highest BCUT2D eigenvalue weighted by Crippen LogP contribution is 2.09. The van der Waals surface area contributed by atoms with Gasteiger partial charge in [0.25, 0.3) is 0 Å². The lowest BCUT2D eigenvalue weighted by atomic mass is 10.3. The average Bonchev–Trinajstić information content (AvgIpc) is 1.88. The van der Waals surface area contributed by atoms with E-state index in [2.05, 4.69) is 0 Å². The molecule has 1 nitrogen and oxygen atoms in total. The topological polar surface area (TPSA) is 9.23 Å². The van der Waals surface area contributed by atoms with Gasteiger partial charge >= 0.3 is 0 Å². The molecule has 1 aromatic carbocycles. The first-order valence-corrected chi connectivity index (χ1v) is 2.62. The molecule has 0 aliphatic carbocycles. The van der Waals surface area contributed by atoms with E-state index in [1.165, 1.54) is 19.2 Å². The standard InChI is InChI=1S/C7H7FO/c1-9-7-4-2-3-6(8)5-7/h2-5H,1H3/i8-1. The molecular formula is C7H7FO. The van der Waals surface area contributed by atoms with Crippen molar-refractivity contribution in [3.8, 4) is 5.75 Å². The lowest BCUT2D eigenvalue weighted by Crippen LogP contribution is -1.81. The van der Waals surface area contributed by atoms with Crippen LogP contribution in [0, 0.1) is 5.82 Å². The van der Waals surface area contributed by atoms with Crippen molar-refractivity contribution in [2.24, 2.45) is 0 Å². The van der Waals surface area contributed by atoms with E-state index in [-0.39, 0.29) is 5.82 Å². The predicted octanol–water partition coefficient (Wildman–Crippen LogP) is 1.83. The van der Waals surface area contributed by atoms with E-state index in [0.717, 1.165) is 0 Å². The Morgan fingerprint density at radius 1 is 1.44 bits per heavy atom. The highest BCUT2D eigenvalue weighted by molar-refractivity contribution is 5.21. The van der Waals surface area contributed by atoms with E-state index in [0.29, 0.717) is 5.75 Å². The van der Waals surface area contributed by atoms with Gasteiger partial charge in [-0.15, -0.1) is 0 Å². The molecule has 0 unspecified atom stereocenters. The molecule has 0 atom stereocenters. The van der Waals surface area contributed by atoms with E-state index in [4.69, 9.17) is 4.74 Å². The van der Waals surface area contributed by atoms with Crippen molar-refractivity contribution < 1.29 is 9.13 Å². The minimum atomic E-state index is -0.269. The van der Waals surface area contributed by atoms with Crippen LogP contribution in [0.3, 0.4) is 0 Å². The number of rotatable bonds is 1. The van der Waals surface area contributed by atoms with Crippen LogP contribution >= 0.6 is 0 Å². The van der Waals surface area contributed by atoms with Gasteiger partial charge in [0.1, 0.15) is 11.6 Å². The largest absolute Gasteiger partial charge is 0.497 e. The van der Waals surface area contributed by atoms with Gasteiger partial charge in [0.15, 0.2) is 0 Å². The van der Waals surface area contributed by atoms with Crippen molar-refractivity contribution in [1.82, 2.24) is 0 Å². The number of hydrogen-bond donors (Lipinski definition) is 0. The van der Waals surface area contributed by atoms with Gasteiger partial charge in [-0.05, 0) is 12.1 Å². The summed E-state index contributed by atoms with van der Waals surface area (Å²) in [4.78, 5) is 0. The molecule has 1 rings (SSSR count). The van der Waals surface area contributed by atoms with E-state index in [1.54, 1.807) is 12.1 Å². The molecule has 0 amide bonds. The molecule has 0 aromatic heterocycles. The summed E-state index contributed by atoms with van der Waals surface area (Å²) in [6, 6.07) is 6.01. The van der Waals surface area contributed by atoms with Crippen LogP contribution in [-0.2, 0) is 0 Å². The van der Waals surface area contributed by atoms with Gasteiger partial charge in [0.05, 0.1) is 7.11 Å². The normalized spacial score (nSPS) is 9.11. The zero-order valence-corrected chi connectivity index (χ0v) is 5.10. The third-order valence-electron chi connectivity index (χ3n) is 1.03. The molecule has 0 saturated carbocycles. The van der Waals surface area contributed by atoms with Crippen LogP contribution in [0.5, 0.6) is 5.75 Å². The summed E-state index contributed by atoms with van der Waals surface area (Å²) in [5.41, 5.74) is 0. The Morgan fingerprint density at radius 3 is 2.67 bits per heavy atom. The molecular weight excluding hydrogens is 118 g/mol. The van der Waals surface area contributed by atoms with Crippen molar-refractivity contribution in [3.05, 3.63) is 30.1 Å². The minimum absolute atomic E-state index is 0.269. The summed E-state index contributed by atoms with van der Waals surface area (Å²) < 4.78 is 17.0. The van der Waals surface area contributed by atoms with Gasteiger partial charge in [-0.1, -0.05) is 6.07 Å².